The zero-order valence-electron chi connectivity index (χ0n) is 19.9. The van der Waals surface area contributed by atoms with Crippen LogP contribution in [0.2, 0.25) is 0 Å². The van der Waals surface area contributed by atoms with Crippen molar-refractivity contribution in [2.45, 2.75) is 70.1 Å². The number of benzene rings is 3. The minimum absolute atomic E-state index is 0.0624. The molecule has 1 aliphatic rings. The molecule has 172 valence electrons. The molecule has 0 saturated heterocycles. The first kappa shape index (κ1) is 23.5. The van der Waals surface area contributed by atoms with Gasteiger partial charge in [-0.25, -0.2) is 4.39 Å². The predicted octanol–water partition coefficient (Wildman–Crippen LogP) is 9.12. The quantitative estimate of drug-likeness (QED) is 0.276. The van der Waals surface area contributed by atoms with E-state index in [2.05, 4.69) is 55.6 Å². The van der Waals surface area contributed by atoms with Gasteiger partial charge in [-0.1, -0.05) is 66.7 Å². The zero-order valence-corrected chi connectivity index (χ0v) is 19.9. The monoisotopic (exact) mass is 440 g/mol. The summed E-state index contributed by atoms with van der Waals surface area (Å²) < 4.78 is 15.2. The van der Waals surface area contributed by atoms with E-state index in [1.165, 1.54) is 48.8 Å². The van der Waals surface area contributed by atoms with E-state index in [-0.39, 0.29) is 5.82 Å². The number of aryl methyl sites for hydroxylation is 3. The molecule has 33 heavy (non-hydrogen) atoms. The fraction of sp³-hybridized carbons (Fsp3) is 0.375. The Kier molecular flexibility index (Phi) is 8.15. The van der Waals surface area contributed by atoms with Gasteiger partial charge < -0.3 is 0 Å². The first-order valence-electron chi connectivity index (χ1n) is 12.7. The summed E-state index contributed by atoms with van der Waals surface area (Å²) in [5, 5.41) is 1.72. The van der Waals surface area contributed by atoms with Crippen molar-refractivity contribution < 1.29 is 4.39 Å². The number of hydrogen-bond acceptors (Lipinski definition) is 0. The third-order valence-corrected chi connectivity index (χ3v) is 7.50. The van der Waals surface area contributed by atoms with Crippen LogP contribution in [0.5, 0.6) is 0 Å². The van der Waals surface area contributed by atoms with Gasteiger partial charge in [0, 0.05) is 5.39 Å². The smallest absolute Gasteiger partial charge is 0.134 e. The molecule has 0 aromatic heterocycles. The van der Waals surface area contributed by atoms with E-state index < -0.39 is 0 Å². The number of rotatable bonds is 10. The number of halogens is 1. The van der Waals surface area contributed by atoms with Crippen molar-refractivity contribution in [3.63, 3.8) is 0 Å². The fourth-order valence-corrected chi connectivity index (χ4v) is 5.38. The van der Waals surface area contributed by atoms with Crippen molar-refractivity contribution in [2.75, 3.05) is 0 Å². The second-order valence-corrected chi connectivity index (χ2v) is 9.75. The summed E-state index contributed by atoms with van der Waals surface area (Å²) >= 11 is 0. The van der Waals surface area contributed by atoms with Crippen LogP contribution in [0.4, 0.5) is 4.39 Å². The van der Waals surface area contributed by atoms with Crippen molar-refractivity contribution >= 4 is 10.8 Å². The summed E-state index contributed by atoms with van der Waals surface area (Å²) in [6, 6.07) is 19.3. The van der Waals surface area contributed by atoms with Crippen LogP contribution in [-0.2, 0) is 19.3 Å². The van der Waals surface area contributed by atoms with Crippen molar-refractivity contribution in [1.29, 1.82) is 0 Å². The third kappa shape index (κ3) is 6.02. The lowest BCUT2D eigenvalue weighted by Crippen LogP contribution is -2.13. The zero-order chi connectivity index (χ0) is 23.0. The Hall–Kier alpha value is -2.67. The molecule has 0 heterocycles. The second-order valence-electron chi connectivity index (χ2n) is 9.75. The van der Waals surface area contributed by atoms with Gasteiger partial charge in [-0.3, -0.25) is 0 Å². The van der Waals surface area contributed by atoms with Crippen LogP contribution in [0.25, 0.3) is 10.8 Å². The average Bonchev–Trinajstić information content (AvgIpc) is 2.86. The Bertz CT molecular complexity index is 1070. The Morgan fingerprint density at radius 2 is 1.48 bits per heavy atom. The summed E-state index contributed by atoms with van der Waals surface area (Å²) in [7, 11) is 0. The molecule has 0 atom stereocenters. The average molecular weight is 441 g/mol. The Morgan fingerprint density at radius 1 is 0.758 bits per heavy atom. The van der Waals surface area contributed by atoms with Crippen LogP contribution in [0.1, 0.15) is 73.1 Å². The number of hydrogen-bond donors (Lipinski definition) is 0. The van der Waals surface area contributed by atoms with Crippen LogP contribution < -0.4 is 0 Å². The van der Waals surface area contributed by atoms with E-state index >= 15 is 4.39 Å². The number of allylic oxidation sites excluding steroid dienone is 2. The van der Waals surface area contributed by atoms with E-state index in [0.717, 1.165) is 54.4 Å². The van der Waals surface area contributed by atoms with Gasteiger partial charge in [-0.15, -0.1) is 13.2 Å². The lowest BCUT2D eigenvalue weighted by atomic mass is 9.77. The first-order chi connectivity index (χ1) is 16.2. The Balaban J connectivity index is 1.35. The van der Waals surface area contributed by atoms with Gasteiger partial charge in [-0.2, -0.15) is 0 Å². The second kappa shape index (κ2) is 11.5. The highest BCUT2D eigenvalue weighted by Gasteiger charge is 2.21. The van der Waals surface area contributed by atoms with Crippen molar-refractivity contribution in [3.8, 4) is 0 Å². The van der Waals surface area contributed by atoms with Crippen molar-refractivity contribution in [3.05, 3.63) is 108 Å². The van der Waals surface area contributed by atoms with Crippen LogP contribution in [0.15, 0.2) is 79.9 Å². The third-order valence-electron chi connectivity index (χ3n) is 7.50. The molecule has 0 radical (unpaired) electrons. The maximum atomic E-state index is 15.2. The lowest BCUT2D eigenvalue weighted by Gasteiger charge is -2.28. The lowest BCUT2D eigenvalue weighted by molar-refractivity contribution is 0.312. The molecule has 1 heteroatoms. The van der Waals surface area contributed by atoms with Crippen LogP contribution in [-0.4, -0.2) is 0 Å². The van der Waals surface area contributed by atoms with Gasteiger partial charge in [0.2, 0.25) is 0 Å². The van der Waals surface area contributed by atoms with Crippen molar-refractivity contribution in [2.24, 2.45) is 5.92 Å². The molecule has 0 nitrogen and oxygen atoms in total. The minimum Gasteiger partial charge on any atom is -0.206 e. The van der Waals surface area contributed by atoms with Gasteiger partial charge in [0.05, 0.1) is 0 Å². The topological polar surface area (TPSA) is 0 Å². The highest BCUT2D eigenvalue weighted by atomic mass is 19.1. The van der Waals surface area contributed by atoms with Crippen LogP contribution in [0, 0.1) is 11.7 Å². The highest BCUT2D eigenvalue weighted by Crippen LogP contribution is 2.37. The highest BCUT2D eigenvalue weighted by molar-refractivity contribution is 5.84. The van der Waals surface area contributed by atoms with E-state index in [9.17, 15) is 0 Å². The van der Waals surface area contributed by atoms with Gasteiger partial charge in [0.15, 0.2) is 0 Å². The van der Waals surface area contributed by atoms with Gasteiger partial charge >= 0.3 is 0 Å². The molecular formula is C32H37F. The maximum absolute atomic E-state index is 15.2. The summed E-state index contributed by atoms with van der Waals surface area (Å²) in [5.74, 6) is 1.52. The standard InChI is InChI=1S/C32H37F/c1-3-5-7-24-9-15-27(16-10-24)28-17-11-25(12-18-28)13-19-29-20-21-30-23-26(8-6-4-2)14-22-31(30)32(29)33/h3-4,11-12,14,17-18,20-24,27H,1-2,5-10,13,15-16,19H2. The van der Waals surface area contributed by atoms with Gasteiger partial charge in [-0.05, 0) is 104 Å². The first-order valence-corrected chi connectivity index (χ1v) is 12.7. The Morgan fingerprint density at radius 3 is 2.21 bits per heavy atom. The largest absolute Gasteiger partial charge is 0.206 e. The van der Waals surface area contributed by atoms with Gasteiger partial charge in [0.25, 0.3) is 0 Å². The molecule has 0 unspecified atom stereocenters. The molecule has 1 aliphatic carbocycles. The Labute approximate surface area is 199 Å². The predicted molar refractivity (Wildman–Crippen MR) is 140 cm³/mol. The summed E-state index contributed by atoms with van der Waals surface area (Å²) in [6.45, 7) is 7.64. The molecule has 0 spiro atoms. The van der Waals surface area contributed by atoms with E-state index in [4.69, 9.17) is 0 Å². The van der Waals surface area contributed by atoms with Crippen LogP contribution in [0.3, 0.4) is 0 Å². The molecule has 0 aliphatic heterocycles. The SMILES string of the molecule is C=CCCc1ccc2c(F)c(CCc3ccc(C4CCC(CCC=C)CC4)cc3)ccc2c1. The summed E-state index contributed by atoms with van der Waals surface area (Å²) in [4.78, 5) is 0. The minimum atomic E-state index is -0.0624. The maximum Gasteiger partial charge on any atom is 0.134 e. The molecule has 0 N–H and O–H groups in total. The van der Waals surface area contributed by atoms with E-state index in [1.807, 2.05) is 24.3 Å². The fourth-order valence-electron chi connectivity index (χ4n) is 5.38. The van der Waals surface area contributed by atoms with Crippen LogP contribution >= 0.6 is 0 Å². The van der Waals surface area contributed by atoms with Gasteiger partial charge in [0.1, 0.15) is 5.82 Å². The van der Waals surface area contributed by atoms with Crippen molar-refractivity contribution in [1.82, 2.24) is 0 Å². The molecule has 1 fully saturated rings. The van der Waals surface area contributed by atoms with E-state index in [1.54, 1.807) is 0 Å². The normalized spacial score (nSPS) is 18.3. The molecule has 0 bridgehead atoms. The summed E-state index contributed by atoms with van der Waals surface area (Å²) in [6.07, 6.45) is 15.2. The molecule has 3 aromatic rings. The van der Waals surface area contributed by atoms with E-state index in [0.29, 0.717) is 5.92 Å². The molecule has 4 rings (SSSR count). The molecular weight excluding hydrogens is 403 g/mol. The molecule has 1 saturated carbocycles. The number of fused-ring (bicyclic) bond motifs is 1. The molecule has 3 aromatic carbocycles. The molecule has 0 amide bonds. The summed E-state index contributed by atoms with van der Waals surface area (Å²) in [5.41, 5.74) is 4.81.